The zero-order chi connectivity index (χ0) is 21.6. The molecule has 1 atom stereocenters. The minimum absolute atomic E-state index is 0.124. The lowest BCUT2D eigenvalue weighted by atomic mass is 10.1. The number of carbonyl (C=O) groups excluding carboxylic acids is 2. The Hall–Kier alpha value is -3.13. The Morgan fingerprint density at radius 2 is 1.94 bits per heavy atom. The fourth-order valence-electron chi connectivity index (χ4n) is 3.93. The van der Waals surface area contributed by atoms with Crippen LogP contribution >= 0.6 is 11.5 Å². The van der Waals surface area contributed by atoms with Crippen molar-refractivity contribution in [3.63, 3.8) is 0 Å². The van der Waals surface area contributed by atoms with Gasteiger partial charge >= 0.3 is 0 Å². The number of hydrogen-bond donors (Lipinski definition) is 1. The van der Waals surface area contributed by atoms with Gasteiger partial charge < -0.3 is 5.32 Å². The highest BCUT2D eigenvalue weighted by molar-refractivity contribution is 7.03. The lowest BCUT2D eigenvalue weighted by Gasteiger charge is -2.31. The Kier molecular flexibility index (Phi) is 6.66. The Morgan fingerprint density at radius 1 is 1.16 bits per heavy atom. The smallest absolute Gasteiger partial charge is 0.280 e. The first-order valence-electron chi connectivity index (χ1n) is 10.6. The first kappa shape index (κ1) is 21.1. The van der Waals surface area contributed by atoms with Gasteiger partial charge in [0.2, 0.25) is 5.91 Å². The maximum absolute atomic E-state index is 13.5. The predicted molar refractivity (Wildman–Crippen MR) is 120 cm³/mol. The molecule has 3 aromatic rings. The second kappa shape index (κ2) is 9.78. The van der Waals surface area contributed by atoms with E-state index in [-0.39, 0.29) is 23.6 Å². The largest absolute Gasteiger partial charge is 0.351 e. The van der Waals surface area contributed by atoms with Crippen molar-refractivity contribution in [1.29, 1.82) is 0 Å². The van der Waals surface area contributed by atoms with Crippen molar-refractivity contribution in [2.45, 2.75) is 51.1 Å². The van der Waals surface area contributed by atoms with E-state index in [4.69, 9.17) is 0 Å². The number of nitrogens with zero attached hydrogens (tertiary/aromatic N) is 4. The Morgan fingerprint density at radius 3 is 2.55 bits per heavy atom. The summed E-state index contributed by atoms with van der Waals surface area (Å²) in [4.78, 5) is 33.0. The number of carbonyl (C=O) groups is 2. The summed E-state index contributed by atoms with van der Waals surface area (Å²) in [5.41, 5.74) is 2.48. The molecule has 7 nitrogen and oxygen atoms in total. The van der Waals surface area contributed by atoms with E-state index in [1.54, 1.807) is 23.7 Å². The molecule has 0 radical (unpaired) electrons. The number of aromatic nitrogens is 3. The summed E-state index contributed by atoms with van der Waals surface area (Å²) in [5.74, 6) is -0.614. The molecule has 31 heavy (non-hydrogen) atoms. The van der Waals surface area contributed by atoms with Crippen LogP contribution in [0.15, 0.2) is 54.0 Å². The van der Waals surface area contributed by atoms with E-state index in [0.717, 1.165) is 49.2 Å². The fraction of sp³-hybridized carbons (Fsp3) is 0.348. The van der Waals surface area contributed by atoms with E-state index in [2.05, 4.69) is 26.8 Å². The van der Waals surface area contributed by atoms with E-state index in [9.17, 15) is 9.59 Å². The molecular formula is C23H25N5O2S. The van der Waals surface area contributed by atoms with Crippen molar-refractivity contribution >= 4 is 29.0 Å². The molecule has 2 aromatic heterocycles. The molecule has 1 fully saturated rings. The Balaban J connectivity index is 1.77. The first-order chi connectivity index (χ1) is 15.2. The number of pyridine rings is 1. The molecular weight excluding hydrogens is 410 g/mol. The Bertz CT molecular complexity index is 1000. The van der Waals surface area contributed by atoms with Gasteiger partial charge in [-0.25, -0.2) is 0 Å². The standard InChI is InChI=1S/C23H25N5O2S/c1-2-16-10-12-18(13-11-16)28(23(30)20-15-31-27-26-20)21(19-9-5-6-14-24-19)22(29)25-17-7-3-4-8-17/h5-6,9-15,17,21H,2-4,7-8H2,1H3,(H,25,29)/t21-/m0/s1. The van der Waals surface area contributed by atoms with E-state index in [1.807, 2.05) is 30.3 Å². The minimum atomic E-state index is -0.913. The SMILES string of the molecule is CCc1ccc(N(C(=O)c2csnn2)[C@H](C(=O)NC2CCCC2)c2ccccn2)cc1. The van der Waals surface area contributed by atoms with E-state index < -0.39 is 6.04 Å². The van der Waals surface area contributed by atoms with Gasteiger partial charge in [-0.3, -0.25) is 19.5 Å². The summed E-state index contributed by atoms with van der Waals surface area (Å²) in [6, 6.07) is 12.3. The highest BCUT2D eigenvalue weighted by Crippen LogP contribution is 2.30. The summed E-state index contributed by atoms with van der Waals surface area (Å²) in [6.45, 7) is 2.07. The van der Waals surface area contributed by atoms with Crippen LogP contribution in [0.3, 0.4) is 0 Å². The van der Waals surface area contributed by atoms with Crippen molar-refractivity contribution in [3.05, 3.63) is 71.0 Å². The molecule has 1 saturated carbocycles. The van der Waals surface area contributed by atoms with Crippen LogP contribution in [-0.4, -0.2) is 32.4 Å². The van der Waals surface area contributed by atoms with Crippen LogP contribution in [0, 0.1) is 0 Å². The number of amides is 2. The maximum Gasteiger partial charge on any atom is 0.280 e. The molecule has 0 aliphatic heterocycles. The molecule has 1 aliphatic rings. The van der Waals surface area contributed by atoms with Gasteiger partial charge in [0.15, 0.2) is 11.7 Å². The van der Waals surface area contributed by atoms with Crippen LogP contribution in [0.1, 0.15) is 60.4 Å². The van der Waals surface area contributed by atoms with Crippen molar-refractivity contribution in [2.24, 2.45) is 0 Å². The second-order valence-electron chi connectivity index (χ2n) is 7.63. The molecule has 2 amide bonds. The summed E-state index contributed by atoms with van der Waals surface area (Å²) in [7, 11) is 0. The Labute approximate surface area is 185 Å². The highest BCUT2D eigenvalue weighted by atomic mass is 32.1. The summed E-state index contributed by atoms with van der Waals surface area (Å²) < 4.78 is 3.83. The molecule has 160 valence electrons. The lowest BCUT2D eigenvalue weighted by molar-refractivity contribution is -0.123. The van der Waals surface area contributed by atoms with Crippen LogP contribution in [0.2, 0.25) is 0 Å². The zero-order valence-corrected chi connectivity index (χ0v) is 18.2. The molecule has 2 heterocycles. The van der Waals surface area contributed by atoms with Gasteiger partial charge in [-0.05, 0) is 60.6 Å². The first-order valence-corrected chi connectivity index (χ1v) is 11.4. The maximum atomic E-state index is 13.5. The molecule has 1 N–H and O–H groups in total. The number of nitrogens with one attached hydrogen (secondary N) is 1. The molecule has 1 aromatic carbocycles. The average Bonchev–Trinajstić information content (AvgIpc) is 3.52. The van der Waals surface area contributed by atoms with Gasteiger partial charge in [-0.15, -0.1) is 5.10 Å². The minimum Gasteiger partial charge on any atom is -0.351 e. The molecule has 0 spiro atoms. The van der Waals surface area contributed by atoms with Crippen LogP contribution < -0.4 is 10.2 Å². The van der Waals surface area contributed by atoms with Crippen LogP contribution in [0.25, 0.3) is 0 Å². The molecule has 8 heteroatoms. The van der Waals surface area contributed by atoms with Gasteiger partial charge in [0.05, 0.1) is 5.69 Å². The highest BCUT2D eigenvalue weighted by Gasteiger charge is 2.36. The number of aryl methyl sites for hydroxylation is 1. The molecule has 0 saturated heterocycles. The van der Waals surface area contributed by atoms with Crippen molar-refractivity contribution in [2.75, 3.05) is 4.90 Å². The average molecular weight is 436 g/mol. The zero-order valence-electron chi connectivity index (χ0n) is 17.4. The fourth-order valence-corrected chi connectivity index (χ4v) is 4.36. The lowest BCUT2D eigenvalue weighted by Crippen LogP contribution is -2.46. The van der Waals surface area contributed by atoms with Crippen LogP contribution in [0.4, 0.5) is 5.69 Å². The molecule has 4 rings (SSSR count). The monoisotopic (exact) mass is 435 g/mol. The summed E-state index contributed by atoms with van der Waals surface area (Å²) in [5, 5.41) is 8.70. The van der Waals surface area contributed by atoms with E-state index in [1.165, 1.54) is 4.90 Å². The van der Waals surface area contributed by atoms with Gasteiger partial charge in [-0.1, -0.05) is 42.5 Å². The normalized spacial score (nSPS) is 14.9. The quantitative estimate of drug-likeness (QED) is 0.607. The third-order valence-electron chi connectivity index (χ3n) is 5.60. The van der Waals surface area contributed by atoms with Crippen molar-refractivity contribution in [3.8, 4) is 0 Å². The second-order valence-corrected chi connectivity index (χ2v) is 8.24. The summed E-state index contributed by atoms with van der Waals surface area (Å²) in [6.07, 6.45) is 6.63. The van der Waals surface area contributed by atoms with E-state index in [0.29, 0.717) is 11.4 Å². The number of hydrogen-bond acceptors (Lipinski definition) is 6. The van der Waals surface area contributed by atoms with Gasteiger partial charge in [0.25, 0.3) is 5.91 Å². The molecule has 0 bridgehead atoms. The van der Waals surface area contributed by atoms with Crippen molar-refractivity contribution < 1.29 is 9.59 Å². The van der Waals surface area contributed by atoms with Crippen LogP contribution in [0.5, 0.6) is 0 Å². The molecule has 1 aliphatic carbocycles. The topological polar surface area (TPSA) is 88.1 Å². The predicted octanol–water partition coefficient (Wildman–Crippen LogP) is 3.94. The third kappa shape index (κ3) is 4.80. The summed E-state index contributed by atoms with van der Waals surface area (Å²) >= 11 is 1.10. The third-order valence-corrected chi connectivity index (χ3v) is 6.10. The van der Waals surface area contributed by atoms with Crippen LogP contribution in [-0.2, 0) is 11.2 Å². The number of rotatable bonds is 7. The van der Waals surface area contributed by atoms with Gasteiger partial charge in [-0.2, -0.15) is 0 Å². The van der Waals surface area contributed by atoms with E-state index >= 15 is 0 Å². The number of anilines is 1. The van der Waals surface area contributed by atoms with Gasteiger partial charge in [0, 0.05) is 23.3 Å². The molecule has 0 unspecified atom stereocenters. The van der Waals surface area contributed by atoms with Crippen molar-refractivity contribution in [1.82, 2.24) is 19.9 Å². The number of benzene rings is 1. The van der Waals surface area contributed by atoms with Gasteiger partial charge in [0.1, 0.15) is 0 Å².